The zero-order valence-corrected chi connectivity index (χ0v) is 25.3. The number of carboxylic acids is 1. The van der Waals surface area contributed by atoms with Crippen molar-refractivity contribution >= 4 is 5.97 Å². The second-order valence-corrected chi connectivity index (χ2v) is 12.2. The van der Waals surface area contributed by atoms with Crippen LogP contribution in [0, 0.1) is 0 Å². The molecule has 5 aliphatic rings. The molecule has 0 aliphatic carbocycles. The van der Waals surface area contributed by atoms with Crippen LogP contribution in [0.4, 0.5) is 0 Å². The Balaban J connectivity index is 1.16. The molecule has 0 saturated carbocycles. The van der Waals surface area contributed by atoms with E-state index < -0.39 is 155 Å². The standard InChI is InChI=1S/C26H42O23/c27-5-1-42-26(20(9(5)28)49-25-18(37)13(32)14(33)19(48-25)21(38)39)47-8-4-44-24(17(36)12(8)31)46-7-3-43-23(16(35)11(7)30)45-6-2-41-22(40)15(34)10(6)29/h5-20,22-37,40H,1-4H2,(H,38,39). The quantitative estimate of drug-likeness (QED) is 0.105. The van der Waals surface area contributed by atoms with Gasteiger partial charge in [0.15, 0.2) is 37.6 Å². The minimum absolute atomic E-state index is 0.377. The maximum atomic E-state index is 11.5. The van der Waals surface area contributed by atoms with E-state index in [4.69, 9.17) is 42.6 Å². The van der Waals surface area contributed by atoms with Crippen LogP contribution in [0.2, 0.25) is 0 Å². The molecule has 49 heavy (non-hydrogen) atoms. The predicted octanol–water partition coefficient (Wildman–Crippen LogP) is -9.28. The van der Waals surface area contributed by atoms with E-state index in [2.05, 4.69) is 0 Å². The molecule has 21 atom stereocenters. The summed E-state index contributed by atoms with van der Waals surface area (Å²) >= 11 is 0. The summed E-state index contributed by atoms with van der Waals surface area (Å²) in [6.45, 7) is -1.90. The largest absolute Gasteiger partial charge is 0.479 e. The van der Waals surface area contributed by atoms with Gasteiger partial charge in [0.1, 0.15) is 91.6 Å². The summed E-state index contributed by atoms with van der Waals surface area (Å²) in [6.07, 6.45) is -36.4. The summed E-state index contributed by atoms with van der Waals surface area (Å²) < 4.78 is 48.2. The van der Waals surface area contributed by atoms with E-state index in [-0.39, 0.29) is 6.61 Å². The fraction of sp³-hybridized carbons (Fsp3) is 0.962. The van der Waals surface area contributed by atoms with Crippen molar-refractivity contribution in [3.05, 3.63) is 0 Å². The highest BCUT2D eigenvalue weighted by Crippen LogP contribution is 2.31. The molecule has 0 aromatic carbocycles. The normalized spacial score (nSPS) is 52.9. The van der Waals surface area contributed by atoms with Gasteiger partial charge < -0.3 is 109 Å². The van der Waals surface area contributed by atoms with Gasteiger partial charge in [0.25, 0.3) is 0 Å². The van der Waals surface area contributed by atoms with E-state index in [0.29, 0.717) is 0 Å². The van der Waals surface area contributed by atoms with Gasteiger partial charge in [-0.05, 0) is 0 Å². The third-order valence-corrected chi connectivity index (χ3v) is 8.78. The molecule has 23 nitrogen and oxygen atoms in total. The van der Waals surface area contributed by atoms with Crippen LogP contribution in [0.1, 0.15) is 0 Å². The molecule has 0 radical (unpaired) electrons. The highest BCUT2D eigenvalue weighted by atomic mass is 16.8. The van der Waals surface area contributed by atoms with Crippen molar-refractivity contribution in [2.75, 3.05) is 26.4 Å². The molecule has 0 spiro atoms. The minimum atomic E-state index is -2.05. The smallest absolute Gasteiger partial charge is 0.335 e. The summed E-state index contributed by atoms with van der Waals surface area (Å²) in [5.41, 5.74) is 0. The SMILES string of the molecule is O=C(O)C1OC(OC2C(OC3COC(OC4COC(OC5COC(O)C(O)C5O)C(O)C4O)C(O)C3O)OCC(O)C2O)C(O)C(O)C1O. The summed E-state index contributed by atoms with van der Waals surface area (Å²) in [4.78, 5) is 11.5. The lowest BCUT2D eigenvalue weighted by Gasteiger charge is -2.46. The summed E-state index contributed by atoms with van der Waals surface area (Å²) in [7, 11) is 0. The monoisotopic (exact) mass is 722 g/mol. The van der Waals surface area contributed by atoms with E-state index in [1.807, 2.05) is 0 Å². The highest BCUT2D eigenvalue weighted by Gasteiger charge is 2.53. The number of aliphatic hydroxyl groups excluding tert-OH is 12. The van der Waals surface area contributed by atoms with Gasteiger partial charge in [-0.1, -0.05) is 0 Å². The van der Waals surface area contributed by atoms with Crippen molar-refractivity contribution in [2.24, 2.45) is 0 Å². The van der Waals surface area contributed by atoms with Crippen molar-refractivity contribution < 1.29 is 114 Å². The Kier molecular flexibility index (Phi) is 12.8. The van der Waals surface area contributed by atoms with Crippen molar-refractivity contribution in [1.29, 1.82) is 0 Å². The zero-order valence-electron chi connectivity index (χ0n) is 25.3. The molecule has 284 valence electrons. The van der Waals surface area contributed by atoms with E-state index in [1.54, 1.807) is 0 Å². The first kappa shape index (κ1) is 38.9. The van der Waals surface area contributed by atoms with Crippen LogP contribution in [-0.2, 0) is 47.4 Å². The first-order valence-electron chi connectivity index (χ1n) is 15.2. The lowest BCUT2D eigenvalue weighted by atomic mass is 9.98. The molecule has 21 unspecified atom stereocenters. The highest BCUT2D eigenvalue weighted by molar-refractivity contribution is 5.73. The number of carboxylic acid groups (broad SMARTS) is 1. The fourth-order valence-corrected chi connectivity index (χ4v) is 5.78. The predicted molar refractivity (Wildman–Crippen MR) is 143 cm³/mol. The Morgan fingerprint density at radius 1 is 0.449 bits per heavy atom. The van der Waals surface area contributed by atoms with Crippen molar-refractivity contribution in [3.8, 4) is 0 Å². The minimum Gasteiger partial charge on any atom is -0.479 e. The molecule has 0 aromatic heterocycles. The second-order valence-electron chi connectivity index (χ2n) is 12.2. The maximum absolute atomic E-state index is 11.5. The molecule has 5 rings (SSSR count). The number of carbonyl (C=O) groups is 1. The molecule has 5 aliphatic heterocycles. The number of aliphatic hydroxyl groups is 12. The van der Waals surface area contributed by atoms with Gasteiger partial charge in [0.05, 0.1) is 26.4 Å². The number of hydrogen-bond acceptors (Lipinski definition) is 22. The Hall–Kier alpha value is -1.37. The Bertz CT molecular complexity index is 1090. The summed E-state index contributed by atoms with van der Waals surface area (Å²) in [5, 5.41) is 133. The Labute approximate surface area is 275 Å². The van der Waals surface area contributed by atoms with Crippen LogP contribution >= 0.6 is 0 Å². The van der Waals surface area contributed by atoms with Crippen molar-refractivity contribution in [3.63, 3.8) is 0 Å². The van der Waals surface area contributed by atoms with Gasteiger partial charge in [0.2, 0.25) is 0 Å². The van der Waals surface area contributed by atoms with Crippen LogP contribution in [0.15, 0.2) is 0 Å². The fourth-order valence-electron chi connectivity index (χ4n) is 5.78. The average molecular weight is 723 g/mol. The molecule has 0 amide bonds. The summed E-state index contributed by atoms with van der Waals surface area (Å²) in [6, 6.07) is 0. The molecule has 5 heterocycles. The van der Waals surface area contributed by atoms with Crippen LogP contribution in [0.3, 0.4) is 0 Å². The zero-order chi connectivity index (χ0) is 35.9. The molecule has 23 heteroatoms. The van der Waals surface area contributed by atoms with E-state index in [0.717, 1.165) is 0 Å². The summed E-state index contributed by atoms with van der Waals surface area (Å²) in [5.74, 6) is -1.71. The van der Waals surface area contributed by atoms with Gasteiger partial charge in [-0.2, -0.15) is 0 Å². The Morgan fingerprint density at radius 2 is 0.898 bits per heavy atom. The molecular formula is C26H42O23. The van der Waals surface area contributed by atoms with Gasteiger partial charge in [0, 0.05) is 0 Å². The number of rotatable bonds is 9. The lowest BCUT2D eigenvalue weighted by Crippen LogP contribution is -2.64. The molecular weight excluding hydrogens is 680 g/mol. The van der Waals surface area contributed by atoms with Crippen LogP contribution in [-0.4, -0.2) is 228 Å². The van der Waals surface area contributed by atoms with Crippen molar-refractivity contribution in [1.82, 2.24) is 0 Å². The van der Waals surface area contributed by atoms with Crippen LogP contribution < -0.4 is 0 Å². The Morgan fingerprint density at radius 3 is 1.43 bits per heavy atom. The molecule has 0 bridgehead atoms. The molecule has 5 saturated heterocycles. The number of ether oxygens (including phenoxy) is 9. The molecule has 0 aromatic rings. The third-order valence-electron chi connectivity index (χ3n) is 8.78. The topological polar surface area (TPSA) is 363 Å². The van der Waals surface area contributed by atoms with Crippen molar-refractivity contribution in [2.45, 2.75) is 129 Å². The van der Waals surface area contributed by atoms with Gasteiger partial charge in [-0.25, -0.2) is 4.79 Å². The van der Waals surface area contributed by atoms with E-state index in [9.17, 15) is 71.2 Å². The van der Waals surface area contributed by atoms with E-state index >= 15 is 0 Å². The van der Waals surface area contributed by atoms with Crippen LogP contribution in [0.25, 0.3) is 0 Å². The van der Waals surface area contributed by atoms with Gasteiger partial charge in [-0.15, -0.1) is 0 Å². The third kappa shape index (κ3) is 8.17. The van der Waals surface area contributed by atoms with Gasteiger partial charge >= 0.3 is 5.97 Å². The van der Waals surface area contributed by atoms with Crippen LogP contribution in [0.5, 0.6) is 0 Å². The van der Waals surface area contributed by atoms with E-state index in [1.165, 1.54) is 0 Å². The average Bonchev–Trinajstić information content (AvgIpc) is 3.07. The first-order chi connectivity index (χ1) is 23.1. The number of aliphatic carboxylic acids is 1. The lowest BCUT2D eigenvalue weighted by molar-refractivity contribution is -0.374. The second kappa shape index (κ2) is 16.1. The van der Waals surface area contributed by atoms with Gasteiger partial charge in [-0.3, -0.25) is 0 Å². The molecule has 5 fully saturated rings. The maximum Gasteiger partial charge on any atom is 0.335 e. The molecule has 13 N–H and O–H groups in total. The first-order valence-corrected chi connectivity index (χ1v) is 15.2. The number of hydrogen-bond donors (Lipinski definition) is 13.